The summed E-state index contributed by atoms with van der Waals surface area (Å²) in [5, 5.41) is 10.9. The Morgan fingerprint density at radius 1 is 1.17 bits per heavy atom. The van der Waals surface area contributed by atoms with Crippen LogP contribution in [0.2, 0.25) is 5.02 Å². The number of halogens is 2. The van der Waals surface area contributed by atoms with Crippen molar-refractivity contribution in [1.29, 1.82) is 0 Å². The standard InChI is InChI=1S/C19H23ClN6O2.HI/c1-19(2,3)14-9-22-15(27-14)10-23-18(21-4)24-11-16-25-17(26-28-16)12-6-5-7-13(20)8-12;/h5-9H,10-11H2,1-4H3,(H2,21,23,24);1H. The number of aromatic nitrogens is 3. The molecule has 2 N–H and O–H groups in total. The number of oxazole rings is 1. The number of rotatable bonds is 5. The molecule has 29 heavy (non-hydrogen) atoms. The lowest BCUT2D eigenvalue weighted by molar-refractivity contribution is 0.373. The van der Waals surface area contributed by atoms with Crippen LogP contribution < -0.4 is 10.6 Å². The van der Waals surface area contributed by atoms with Crippen LogP contribution in [0.15, 0.2) is 44.4 Å². The zero-order chi connectivity index (χ0) is 20.1. The Bertz CT molecular complexity index is 964. The third-order valence-corrected chi connectivity index (χ3v) is 4.12. The highest BCUT2D eigenvalue weighted by Crippen LogP contribution is 2.22. The molecule has 156 valence electrons. The second-order valence-electron chi connectivity index (χ2n) is 7.17. The van der Waals surface area contributed by atoms with E-state index >= 15 is 0 Å². The molecule has 0 spiro atoms. The van der Waals surface area contributed by atoms with E-state index in [1.165, 1.54) is 0 Å². The highest BCUT2D eigenvalue weighted by molar-refractivity contribution is 14.0. The van der Waals surface area contributed by atoms with Crippen LogP contribution in [0.4, 0.5) is 0 Å². The van der Waals surface area contributed by atoms with Crippen molar-refractivity contribution in [3.05, 3.63) is 53.0 Å². The van der Waals surface area contributed by atoms with E-state index in [9.17, 15) is 0 Å². The van der Waals surface area contributed by atoms with Gasteiger partial charge >= 0.3 is 0 Å². The number of guanidine groups is 1. The molecule has 8 nitrogen and oxygen atoms in total. The first-order valence-electron chi connectivity index (χ1n) is 8.83. The summed E-state index contributed by atoms with van der Waals surface area (Å²) < 4.78 is 11.0. The van der Waals surface area contributed by atoms with Crippen molar-refractivity contribution in [2.75, 3.05) is 7.05 Å². The van der Waals surface area contributed by atoms with Gasteiger partial charge in [0.2, 0.25) is 17.6 Å². The van der Waals surface area contributed by atoms with E-state index < -0.39 is 0 Å². The molecule has 0 amide bonds. The van der Waals surface area contributed by atoms with E-state index in [0.717, 1.165) is 11.3 Å². The minimum absolute atomic E-state index is 0. The summed E-state index contributed by atoms with van der Waals surface area (Å²) in [6.45, 7) is 6.97. The fourth-order valence-corrected chi connectivity index (χ4v) is 2.54. The number of benzene rings is 1. The summed E-state index contributed by atoms with van der Waals surface area (Å²) in [7, 11) is 1.68. The molecule has 0 aliphatic heterocycles. The van der Waals surface area contributed by atoms with E-state index in [2.05, 4.69) is 51.5 Å². The van der Waals surface area contributed by atoms with Crippen LogP contribution in [0.5, 0.6) is 0 Å². The first-order chi connectivity index (χ1) is 13.3. The van der Waals surface area contributed by atoms with Gasteiger partial charge in [-0.1, -0.05) is 49.7 Å². The van der Waals surface area contributed by atoms with Crippen LogP contribution in [0.1, 0.15) is 38.3 Å². The maximum Gasteiger partial charge on any atom is 0.246 e. The van der Waals surface area contributed by atoms with Crippen molar-refractivity contribution in [2.45, 2.75) is 39.3 Å². The van der Waals surface area contributed by atoms with Crippen LogP contribution in [0, 0.1) is 0 Å². The minimum atomic E-state index is -0.0795. The zero-order valence-electron chi connectivity index (χ0n) is 16.7. The zero-order valence-corrected chi connectivity index (χ0v) is 19.8. The van der Waals surface area contributed by atoms with Gasteiger partial charge in [-0.25, -0.2) is 4.98 Å². The van der Waals surface area contributed by atoms with E-state index in [0.29, 0.717) is 41.7 Å². The first kappa shape index (κ1) is 23.1. The highest BCUT2D eigenvalue weighted by atomic mass is 127. The van der Waals surface area contributed by atoms with Gasteiger partial charge in [0, 0.05) is 23.0 Å². The van der Waals surface area contributed by atoms with Crippen molar-refractivity contribution in [3.63, 3.8) is 0 Å². The summed E-state index contributed by atoms with van der Waals surface area (Å²) in [5.74, 6) is 2.92. The van der Waals surface area contributed by atoms with Gasteiger partial charge in [-0.15, -0.1) is 24.0 Å². The molecule has 0 atom stereocenters. The summed E-state index contributed by atoms with van der Waals surface area (Å²) in [6.07, 6.45) is 1.75. The molecule has 3 aromatic rings. The Balaban J connectivity index is 0.00000300. The van der Waals surface area contributed by atoms with E-state index in [4.69, 9.17) is 20.5 Å². The molecule has 0 saturated heterocycles. The summed E-state index contributed by atoms with van der Waals surface area (Å²) in [6, 6.07) is 7.29. The molecule has 0 aliphatic rings. The van der Waals surface area contributed by atoms with Gasteiger partial charge in [0.05, 0.1) is 19.3 Å². The normalized spacial score (nSPS) is 11.8. The lowest BCUT2D eigenvalue weighted by atomic mass is 9.94. The van der Waals surface area contributed by atoms with Crippen molar-refractivity contribution < 1.29 is 8.94 Å². The molecule has 2 aromatic heterocycles. The molecule has 2 heterocycles. The number of nitrogens with zero attached hydrogens (tertiary/aromatic N) is 4. The van der Waals surface area contributed by atoms with Crippen molar-refractivity contribution in [3.8, 4) is 11.4 Å². The molecule has 0 aliphatic carbocycles. The Hall–Kier alpha value is -2.14. The summed E-state index contributed by atoms with van der Waals surface area (Å²) >= 11 is 6.00. The van der Waals surface area contributed by atoms with Crippen molar-refractivity contribution in [2.24, 2.45) is 4.99 Å². The van der Waals surface area contributed by atoms with Gasteiger partial charge in [-0.2, -0.15) is 4.98 Å². The lowest BCUT2D eigenvalue weighted by Crippen LogP contribution is -2.36. The summed E-state index contributed by atoms with van der Waals surface area (Å²) in [4.78, 5) is 12.8. The molecule has 1 aromatic carbocycles. The predicted molar refractivity (Wildman–Crippen MR) is 122 cm³/mol. The van der Waals surface area contributed by atoms with Crippen LogP contribution in [0.25, 0.3) is 11.4 Å². The Morgan fingerprint density at radius 2 is 1.90 bits per heavy atom. The van der Waals surface area contributed by atoms with Gasteiger partial charge in [0.1, 0.15) is 5.76 Å². The van der Waals surface area contributed by atoms with Crippen molar-refractivity contribution in [1.82, 2.24) is 25.8 Å². The fourth-order valence-electron chi connectivity index (χ4n) is 2.35. The maximum atomic E-state index is 6.00. The second kappa shape index (κ2) is 10.1. The number of nitrogens with one attached hydrogen (secondary N) is 2. The third kappa shape index (κ3) is 6.43. The van der Waals surface area contributed by atoms with Crippen LogP contribution in [0.3, 0.4) is 0 Å². The third-order valence-electron chi connectivity index (χ3n) is 3.88. The summed E-state index contributed by atoms with van der Waals surface area (Å²) in [5.41, 5.74) is 0.715. The number of hydrogen-bond acceptors (Lipinski definition) is 6. The molecule has 0 fully saturated rings. The number of aliphatic imine (C=N–C) groups is 1. The maximum absolute atomic E-state index is 6.00. The fraction of sp³-hybridized carbons (Fsp3) is 0.368. The van der Waals surface area contributed by atoms with Gasteiger partial charge in [0.25, 0.3) is 0 Å². The Morgan fingerprint density at radius 3 is 2.52 bits per heavy atom. The van der Waals surface area contributed by atoms with E-state index in [1.54, 1.807) is 25.4 Å². The average Bonchev–Trinajstić information content (AvgIpc) is 3.31. The van der Waals surface area contributed by atoms with Crippen LogP contribution >= 0.6 is 35.6 Å². The quantitative estimate of drug-likeness (QED) is 0.290. The SMILES string of the molecule is CN=C(NCc1nc(-c2cccc(Cl)c2)no1)NCc1ncc(C(C)(C)C)o1.I. The first-order valence-corrected chi connectivity index (χ1v) is 9.21. The molecule has 3 rings (SSSR count). The molecule has 0 radical (unpaired) electrons. The predicted octanol–water partition coefficient (Wildman–Crippen LogP) is 4.16. The van der Waals surface area contributed by atoms with Crippen LogP contribution in [-0.2, 0) is 18.5 Å². The van der Waals surface area contributed by atoms with E-state index in [1.807, 2.05) is 12.1 Å². The smallest absolute Gasteiger partial charge is 0.246 e. The van der Waals surface area contributed by atoms with E-state index in [-0.39, 0.29) is 29.4 Å². The number of hydrogen-bond donors (Lipinski definition) is 2. The largest absolute Gasteiger partial charge is 0.443 e. The molecular formula is C19H24ClIN6O2. The molecule has 10 heteroatoms. The second-order valence-corrected chi connectivity index (χ2v) is 7.61. The minimum Gasteiger partial charge on any atom is -0.443 e. The molecule has 0 saturated carbocycles. The molecule has 0 bridgehead atoms. The van der Waals surface area contributed by atoms with Gasteiger partial charge in [-0.05, 0) is 12.1 Å². The monoisotopic (exact) mass is 530 g/mol. The Labute approximate surface area is 191 Å². The van der Waals surface area contributed by atoms with Gasteiger partial charge < -0.3 is 19.6 Å². The van der Waals surface area contributed by atoms with Gasteiger partial charge in [-0.3, -0.25) is 4.99 Å². The lowest BCUT2D eigenvalue weighted by Gasteiger charge is -2.13. The van der Waals surface area contributed by atoms with Gasteiger partial charge in [0.15, 0.2) is 5.96 Å². The topological polar surface area (TPSA) is 101 Å². The molecular weight excluding hydrogens is 507 g/mol. The highest BCUT2D eigenvalue weighted by Gasteiger charge is 2.19. The average molecular weight is 531 g/mol. The Kier molecular flexibility index (Phi) is 8.03. The molecule has 0 unspecified atom stereocenters. The van der Waals surface area contributed by atoms with Crippen molar-refractivity contribution >= 4 is 41.5 Å². The van der Waals surface area contributed by atoms with Crippen LogP contribution in [-0.4, -0.2) is 28.1 Å².